The zero-order valence-corrected chi connectivity index (χ0v) is 17.6. The summed E-state index contributed by atoms with van der Waals surface area (Å²) in [5.74, 6) is 0.321. The third-order valence-corrected chi connectivity index (χ3v) is 6.72. The average Bonchev–Trinajstić information content (AvgIpc) is 2.61. The van der Waals surface area contributed by atoms with Crippen LogP contribution < -0.4 is 5.73 Å². The molecule has 2 aliphatic rings. The molecular weight excluding hydrogens is 381 g/mol. The van der Waals surface area contributed by atoms with Gasteiger partial charge in [-0.05, 0) is 58.2 Å². The number of amidine groups is 1. The number of methoxy groups -OCH3 is 1. The molecule has 3 atom stereocenters. The number of hydrogen-bond acceptors (Lipinski definition) is 5. The van der Waals surface area contributed by atoms with E-state index in [4.69, 9.17) is 15.5 Å². The molecule has 3 rings (SSSR count). The number of thioether (sulfide) groups is 1. The molecule has 6 nitrogen and oxygen atoms in total. The summed E-state index contributed by atoms with van der Waals surface area (Å²) in [5.41, 5.74) is 5.39. The molecule has 1 saturated carbocycles. The Hall–Kier alpha value is -1.80. The Morgan fingerprint density at radius 2 is 2.18 bits per heavy atom. The van der Waals surface area contributed by atoms with Gasteiger partial charge in [-0.1, -0.05) is 11.8 Å². The van der Waals surface area contributed by atoms with Crippen LogP contribution in [-0.2, 0) is 10.3 Å². The largest absolute Gasteiger partial charge is 0.465 e. The van der Waals surface area contributed by atoms with Gasteiger partial charge in [0.05, 0.1) is 11.6 Å². The van der Waals surface area contributed by atoms with Gasteiger partial charge in [0.2, 0.25) is 0 Å². The van der Waals surface area contributed by atoms with Crippen molar-refractivity contribution in [3.63, 3.8) is 0 Å². The van der Waals surface area contributed by atoms with Gasteiger partial charge in [-0.3, -0.25) is 9.89 Å². The number of halogens is 1. The van der Waals surface area contributed by atoms with Gasteiger partial charge in [-0.2, -0.15) is 0 Å². The van der Waals surface area contributed by atoms with Crippen molar-refractivity contribution in [3.8, 4) is 0 Å². The molecule has 0 spiro atoms. The second-order valence-corrected chi connectivity index (χ2v) is 9.47. The van der Waals surface area contributed by atoms with Crippen LogP contribution in [0.25, 0.3) is 0 Å². The van der Waals surface area contributed by atoms with E-state index in [0.29, 0.717) is 28.6 Å². The van der Waals surface area contributed by atoms with Crippen molar-refractivity contribution in [1.82, 2.24) is 4.90 Å². The molecule has 1 fully saturated rings. The van der Waals surface area contributed by atoms with E-state index >= 15 is 0 Å². The van der Waals surface area contributed by atoms with Crippen LogP contribution in [0.2, 0.25) is 0 Å². The lowest BCUT2D eigenvalue weighted by Crippen LogP contribution is -2.53. The Labute approximate surface area is 169 Å². The van der Waals surface area contributed by atoms with Crippen LogP contribution in [0.1, 0.15) is 45.6 Å². The predicted octanol–water partition coefficient (Wildman–Crippen LogP) is 4.30. The topological polar surface area (TPSA) is 88.2 Å². The van der Waals surface area contributed by atoms with Crippen molar-refractivity contribution in [2.24, 2.45) is 10.9 Å². The second kappa shape index (κ2) is 7.55. The molecule has 0 radical (unpaired) electrons. The molecule has 1 aromatic carbocycles. The fourth-order valence-corrected chi connectivity index (χ4v) is 5.69. The smallest absolute Gasteiger partial charge is 0.413 e. The number of ether oxygens (including phenoxy) is 1. The highest BCUT2D eigenvalue weighted by Gasteiger charge is 2.50. The zero-order valence-electron chi connectivity index (χ0n) is 16.7. The summed E-state index contributed by atoms with van der Waals surface area (Å²) in [6, 6.07) is 4.55. The molecule has 28 heavy (non-hydrogen) atoms. The fraction of sp³-hybridized carbons (Fsp3) is 0.600. The van der Waals surface area contributed by atoms with E-state index in [1.54, 1.807) is 13.2 Å². The van der Waals surface area contributed by atoms with Crippen molar-refractivity contribution >= 4 is 28.7 Å². The number of benzene rings is 1. The summed E-state index contributed by atoms with van der Waals surface area (Å²) < 4.78 is 20.5. The highest BCUT2D eigenvalue weighted by molar-refractivity contribution is 8.13. The van der Waals surface area contributed by atoms with Crippen LogP contribution in [0.5, 0.6) is 0 Å². The molecule has 0 saturated heterocycles. The summed E-state index contributed by atoms with van der Waals surface area (Å²) in [5, 5.41) is 10.2. The Morgan fingerprint density at radius 1 is 1.46 bits per heavy atom. The lowest BCUT2D eigenvalue weighted by atomic mass is 9.68. The molecule has 1 aliphatic heterocycles. The van der Waals surface area contributed by atoms with Crippen molar-refractivity contribution in [2.75, 3.05) is 18.6 Å². The maximum Gasteiger partial charge on any atom is 0.413 e. The zero-order chi connectivity index (χ0) is 20.7. The van der Waals surface area contributed by atoms with Gasteiger partial charge in [0.1, 0.15) is 5.82 Å². The fourth-order valence-electron chi connectivity index (χ4n) is 4.22. The van der Waals surface area contributed by atoms with E-state index in [0.717, 1.165) is 12.8 Å². The number of fused-ring (bicyclic) bond motifs is 1. The van der Waals surface area contributed by atoms with Gasteiger partial charge in [0.25, 0.3) is 0 Å². The second-order valence-electron chi connectivity index (χ2n) is 8.49. The molecule has 1 amide bonds. The third kappa shape index (κ3) is 3.72. The summed E-state index contributed by atoms with van der Waals surface area (Å²) in [7, 11) is 1.69. The van der Waals surface area contributed by atoms with Gasteiger partial charge < -0.3 is 15.6 Å². The summed E-state index contributed by atoms with van der Waals surface area (Å²) >= 11 is 1.41. The molecule has 0 unspecified atom stereocenters. The maximum atomic E-state index is 14.9. The standard InChI is InChI=1S/C20H28FN3O3S/c1-19(2,3)24(18(25)26)17-23-20(15-10-13(22)5-6-16(15)21)8-7-14(27-4)9-12(20)11-28-17/h5-6,10,12,14H,7-9,11,22H2,1-4H3,(H,25,26)/t12-,14-,20-/m0/s1. The van der Waals surface area contributed by atoms with E-state index in [-0.39, 0.29) is 17.8 Å². The number of amides is 1. The molecule has 0 bridgehead atoms. The molecule has 0 aromatic heterocycles. The van der Waals surface area contributed by atoms with Crippen LogP contribution in [0.15, 0.2) is 23.2 Å². The van der Waals surface area contributed by atoms with Crippen molar-refractivity contribution in [1.29, 1.82) is 0 Å². The number of carbonyl (C=O) groups is 1. The molecule has 8 heteroatoms. The van der Waals surface area contributed by atoms with E-state index in [2.05, 4.69) is 0 Å². The highest BCUT2D eigenvalue weighted by atomic mass is 32.2. The Bertz CT molecular complexity index is 795. The Kier molecular flexibility index (Phi) is 5.64. The van der Waals surface area contributed by atoms with Crippen LogP contribution >= 0.6 is 11.8 Å². The van der Waals surface area contributed by atoms with Crippen molar-refractivity contribution in [2.45, 2.75) is 57.2 Å². The van der Waals surface area contributed by atoms with E-state index in [9.17, 15) is 14.3 Å². The number of nitrogens with two attached hydrogens (primary N) is 1. The Morgan fingerprint density at radius 3 is 2.79 bits per heavy atom. The van der Waals surface area contributed by atoms with Crippen LogP contribution in [0.4, 0.5) is 14.9 Å². The monoisotopic (exact) mass is 409 g/mol. The van der Waals surface area contributed by atoms with Crippen LogP contribution in [-0.4, -0.2) is 45.8 Å². The quantitative estimate of drug-likeness (QED) is 0.711. The van der Waals surface area contributed by atoms with Gasteiger partial charge in [-0.25, -0.2) is 9.18 Å². The van der Waals surface area contributed by atoms with Crippen LogP contribution in [0, 0.1) is 11.7 Å². The molecule has 154 valence electrons. The number of rotatable bonds is 2. The first-order valence-corrected chi connectivity index (χ1v) is 10.4. The SMILES string of the molecule is CO[C@H]1CC[C@]2(c3cc(N)ccc3F)N=C(N(C(=O)O)C(C)(C)C)SC[C@@H]2C1. The average molecular weight is 410 g/mol. The number of hydrogen-bond donors (Lipinski definition) is 2. The normalized spacial score (nSPS) is 27.7. The third-order valence-electron chi connectivity index (χ3n) is 5.62. The maximum absolute atomic E-state index is 14.9. The van der Waals surface area contributed by atoms with E-state index in [1.165, 1.54) is 28.8 Å². The number of carboxylic acid groups (broad SMARTS) is 1. The molecule has 1 aromatic rings. The van der Waals surface area contributed by atoms with Crippen LogP contribution in [0.3, 0.4) is 0 Å². The molecule has 3 N–H and O–H groups in total. The molecule has 1 aliphatic carbocycles. The predicted molar refractivity (Wildman–Crippen MR) is 110 cm³/mol. The minimum absolute atomic E-state index is 0.0341. The number of anilines is 1. The lowest BCUT2D eigenvalue weighted by Gasteiger charge is -2.48. The lowest BCUT2D eigenvalue weighted by molar-refractivity contribution is 0.0223. The highest BCUT2D eigenvalue weighted by Crippen LogP contribution is 2.51. The van der Waals surface area contributed by atoms with Gasteiger partial charge >= 0.3 is 6.09 Å². The first kappa shape index (κ1) is 20.9. The number of nitrogens with zero attached hydrogens (tertiary/aromatic N) is 2. The summed E-state index contributed by atoms with van der Waals surface area (Å²) in [4.78, 5) is 18.2. The first-order valence-electron chi connectivity index (χ1n) is 9.42. The van der Waals surface area contributed by atoms with E-state index in [1.807, 2.05) is 20.8 Å². The molecular formula is C20H28FN3O3S. The van der Waals surface area contributed by atoms with Gasteiger partial charge in [0, 0.05) is 35.6 Å². The van der Waals surface area contributed by atoms with Crippen molar-refractivity contribution in [3.05, 3.63) is 29.6 Å². The van der Waals surface area contributed by atoms with E-state index < -0.39 is 17.2 Å². The summed E-state index contributed by atoms with van der Waals surface area (Å²) in [6.07, 6.45) is 1.09. The Balaban J connectivity index is 2.16. The minimum atomic E-state index is -1.06. The van der Waals surface area contributed by atoms with Crippen molar-refractivity contribution < 1.29 is 19.0 Å². The van der Waals surface area contributed by atoms with Gasteiger partial charge in [0.15, 0.2) is 5.17 Å². The minimum Gasteiger partial charge on any atom is -0.465 e. The number of nitrogen functional groups attached to an aromatic ring is 1. The number of aliphatic imine (C=N–C) groups is 1. The van der Waals surface area contributed by atoms with Gasteiger partial charge in [-0.15, -0.1) is 0 Å². The summed E-state index contributed by atoms with van der Waals surface area (Å²) in [6.45, 7) is 5.48. The first-order chi connectivity index (χ1) is 13.1. The molecule has 1 heterocycles.